The van der Waals surface area contributed by atoms with Crippen LogP contribution in [0.2, 0.25) is 0 Å². The van der Waals surface area contributed by atoms with Gasteiger partial charge in [0, 0.05) is 13.5 Å². The Hall–Kier alpha value is -0.570. The summed E-state index contributed by atoms with van der Waals surface area (Å²) >= 11 is 1.21. The van der Waals surface area contributed by atoms with Crippen LogP contribution >= 0.6 is 11.8 Å². The van der Waals surface area contributed by atoms with Gasteiger partial charge in [0.1, 0.15) is 0 Å². The number of carbonyl (C=O) groups is 1. The SMILES string of the molecule is CC/C=C\C(=NC)SC(=O)CC. The summed E-state index contributed by atoms with van der Waals surface area (Å²) in [5, 5.41) is 0.958. The van der Waals surface area contributed by atoms with Crippen molar-refractivity contribution in [3.8, 4) is 0 Å². The van der Waals surface area contributed by atoms with Crippen molar-refractivity contribution in [2.45, 2.75) is 26.7 Å². The van der Waals surface area contributed by atoms with Crippen LogP contribution in [0.4, 0.5) is 0 Å². The molecule has 3 heteroatoms. The molecule has 0 aliphatic rings. The number of allylic oxidation sites excluding steroid dienone is 1. The van der Waals surface area contributed by atoms with E-state index in [0.29, 0.717) is 6.42 Å². The maximum absolute atomic E-state index is 11.0. The van der Waals surface area contributed by atoms with Crippen molar-refractivity contribution in [1.29, 1.82) is 0 Å². The number of hydrogen-bond donors (Lipinski definition) is 0. The molecule has 0 radical (unpaired) electrons. The van der Waals surface area contributed by atoms with Crippen LogP contribution in [-0.4, -0.2) is 17.2 Å². The molecule has 0 unspecified atom stereocenters. The molecule has 0 heterocycles. The fraction of sp³-hybridized carbons (Fsp3) is 0.556. The van der Waals surface area contributed by atoms with Gasteiger partial charge in [-0.05, 0) is 24.3 Å². The molecule has 0 aromatic carbocycles. The average molecular weight is 185 g/mol. The minimum atomic E-state index is 0.163. The molecule has 0 aromatic heterocycles. The standard InChI is InChI=1S/C9H15NOS/c1-4-6-7-8(10-3)12-9(11)5-2/h6-7H,4-5H2,1-3H3/b7-6-,10-8?. The molecule has 0 saturated heterocycles. The highest BCUT2D eigenvalue weighted by molar-refractivity contribution is 8.26. The van der Waals surface area contributed by atoms with E-state index in [1.165, 1.54) is 11.8 Å². The quantitative estimate of drug-likeness (QED) is 0.499. The second-order valence-electron chi connectivity index (χ2n) is 2.20. The third-order valence-corrected chi connectivity index (χ3v) is 2.27. The zero-order chi connectivity index (χ0) is 9.40. The first kappa shape index (κ1) is 11.4. The Morgan fingerprint density at radius 2 is 2.17 bits per heavy atom. The van der Waals surface area contributed by atoms with E-state index in [1.54, 1.807) is 7.05 Å². The summed E-state index contributed by atoms with van der Waals surface area (Å²) in [6.07, 6.45) is 5.42. The van der Waals surface area contributed by atoms with Crippen LogP contribution in [-0.2, 0) is 4.79 Å². The molecule has 0 aliphatic heterocycles. The van der Waals surface area contributed by atoms with Gasteiger partial charge < -0.3 is 0 Å². The summed E-state index contributed by atoms with van der Waals surface area (Å²) in [7, 11) is 1.70. The molecule has 0 saturated carbocycles. The van der Waals surface area contributed by atoms with Gasteiger partial charge in [-0.1, -0.05) is 19.9 Å². The number of thioether (sulfide) groups is 1. The monoisotopic (exact) mass is 185 g/mol. The Balaban J connectivity index is 4.02. The van der Waals surface area contributed by atoms with Crippen molar-refractivity contribution in [2.75, 3.05) is 7.05 Å². The number of rotatable bonds is 3. The number of carbonyl (C=O) groups excluding carboxylic acids is 1. The normalized spacial score (nSPS) is 12.4. The summed E-state index contributed by atoms with van der Waals surface area (Å²) in [4.78, 5) is 15.0. The Morgan fingerprint density at radius 3 is 2.58 bits per heavy atom. The first-order valence-electron chi connectivity index (χ1n) is 4.08. The lowest BCUT2D eigenvalue weighted by atomic mass is 10.4. The van der Waals surface area contributed by atoms with E-state index >= 15 is 0 Å². The van der Waals surface area contributed by atoms with E-state index in [2.05, 4.69) is 11.9 Å². The topological polar surface area (TPSA) is 29.4 Å². The molecule has 68 valence electrons. The van der Waals surface area contributed by atoms with E-state index in [-0.39, 0.29) is 5.12 Å². The Bertz CT molecular complexity index is 197. The third kappa shape index (κ3) is 5.13. The van der Waals surface area contributed by atoms with Gasteiger partial charge in [-0.2, -0.15) is 0 Å². The van der Waals surface area contributed by atoms with Crippen LogP contribution < -0.4 is 0 Å². The maximum Gasteiger partial charge on any atom is 0.194 e. The molecule has 0 bridgehead atoms. The van der Waals surface area contributed by atoms with Crippen LogP contribution in [0.1, 0.15) is 26.7 Å². The second-order valence-corrected chi connectivity index (χ2v) is 3.28. The zero-order valence-electron chi connectivity index (χ0n) is 7.83. The van der Waals surface area contributed by atoms with Crippen molar-refractivity contribution in [3.05, 3.63) is 12.2 Å². The van der Waals surface area contributed by atoms with Crippen molar-refractivity contribution in [1.82, 2.24) is 0 Å². The molecule has 0 fully saturated rings. The minimum absolute atomic E-state index is 0.163. The molecular formula is C9H15NOS. The summed E-state index contributed by atoms with van der Waals surface area (Å²) in [6, 6.07) is 0. The number of aliphatic imine (C=N–C) groups is 1. The molecule has 0 amide bonds. The minimum Gasteiger partial charge on any atom is -0.287 e. The van der Waals surface area contributed by atoms with Gasteiger partial charge >= 0.3 is 0 Å². The van der Waals surface area contributed by atoms with Crippen LogP contribution in [0.5, 0.6) is 0 Å². The van der Waals surface area contributed by atoms with E-state index in [0.717, 1.165) is 11.5 Å². The van der Waals surface area contributed by atoms with Crippen LogP contribution in [0.25, 0.3) is 0 Å². The largest absolute Gasteiger partial charge is 0.287 e. The molecule has 0 atom stereocenters. The average Bonchev–Trinajstić information content (AvgIpc) is 2.11. The van der Waals surface area contributed by atoms with Crippen LogP contribution in [0.3, 0.4) is 0 Å². The van der Waals surface area contributed by atoms with Crippen LogP contribution in [0.15, 0.2) is 17.1 Å². The summed E-state index contributed by atoms with van der Waals surface area (Å²) in [5.74, 6) is 0. The molecule has 0 aliphatic carbocycles. The van der Waals surface area contributed by atoms with Crippen molar-refractivity contribution in [2.24, 2.45) is 4.99 Å². The highest BCUT2D eigenvalue weighted by Gasteiger charge is 2.01. The zero-order valence-corrected chi connectivity index (χ0v) is 8.65. The lowest BCUT2D eigenvalue weighted by Crippen LogP contribution is -1.94. The Labute approximate surface area is 78.1 Å². The summed E-state index contributed by atoms with van der Waals surface area (Å²) in [5.41, 5.74) is 0. The molecule has 0 aromatic rings. The highest BCUT2D eigenvalue weighted by atomic mass is 32.2. The van der Waals surface area contributed by atoms with Crippen molar-refractivity contribution < 1.29 is 4.79 Å². The Morgan fingerprint density at radius 1 is 1.50 bits per heavy atom. The van der Waals surface area contributed by atoms with Gasteiger partial charge in [-0.25, -0.2) is 0 Å². The predicted molar refractivity (Wildman–Crippen MR) is 55.7 cm³/mol. The van der Waals surface area contributed by atoms with Gasteiger partial charge in [0.25, 0.3) is 0 Å². The second kappa shape index (κ2) is 7.10. The van der Waals surface area contributed by atoms with Gasteiger partial charge in [0.05, 0.1) is 5.04 Å². The smallest absolute Gasteiger partial charge is 0.194 e. The van der Waals surface area contributed by atoms with E-state index in [1.807, 2.05) is 19.1 Å². The molecule has 0 spiro atoms. The summed E-state index contributed by atoms with van der Waals surface area (Å²) in [6.45, 7) is 3.90. The fourth-order valence-electron chi connectivity index (χ4n) is 0.562. The van der Waals surface area contributed by atoms with E-state index in [4.69, 9.17) is 0 Å². The van der Waals surface area contributed by atoms with Crippen LogP contribution in [0, 0.1) is 0 Å². The van der Waals surface area contributed by atoms with Gasteiger partial charge in [0.2, 0.25) is 0 Å². The third-order valence-electron chi connectivity index (χ3n) is 1.22. The van der Waals surface area contributed by atoms with E-state index in [9.17, 15) is 4.79 Å². The first-order chi connectivity index (χ1) is 5.74. The molecular weight excluding hydrogens is 170 g/mol. The summed E-state index contributed by atoms with van der Waals surface area (Å²) < 4.78 is 0. The molecule has 2 nitrogen and oxygen atoms in total. The lowest BCUT2D eigenvalue weighted by molar-refractivity contribution is -0.110. The Kier molecular flexibility index (Phi) is 6.76. The number of nitrogens with zero attached hydrogens (tertiary/aromatic N) is 1. The predicted octanol–water partition coefficient (Wildman–Crippen LogP) is 2.65. The molecule has 0 N–H and O–H groups in total. The van der Waals surface area contributed by atoms with Gasteiger partial charge in [0.15, 0.2) is 5.12 Å². The van der Waals surface area contributed by atoms with Crippen molar-refractivity contribution in [3.63, 3.8) is 0 Å². The lowest BCUT2D eigenvalue weighted by Gasteiger charge is -1.95. The molecule has 12 heavy (non-hydrogen) atoms. The number of hydrogen-bond acceptors (Lipinski definition) is 3. The highest BCUT2D eigenvalue weighted by Crippen LogP contribution is 2.09. The van der Waals surface area contributed by atoms with Gasteiger partial charge in [-0.3, -0.25) is 9.79 Å². The fourth-order valence-corrected chi connectivity index (χ4v) is 1.19. The molecule has 0 rings (SSSR count). The maximum atomic E-state index is 11.0. The first-order valence-corrected chi connectivity index (χ1v) is 4.90. The van der Waals surface area contributed by atoms with E-state index < -0.39 is 0 Å². The van der Waals surface area contributed by atoms with Crippen molar-refractivity contribution >= 4 is 21.9 Å². The van der Waals surface area contributed by atoms with Gasteiger partial charge in [-0.15, -0.1) is 0 Å².